The van der Waals surface area contributed by atoms with Gasteiger partial charge in [0.25, 0.3) is 5.91 Å². The van der Waals surface area contributed by atoms with E-state index >= 15 is 0 Å². The molecule has 82 valence electrons. The van der Waals surface area contributed by atoms with Crippen molar-refractivity contribution in [3.8, 4) is 5.75 Å². The molecule has 0 unspecified atom stereocenters. The number of ether oxygens (including phenoxy) is 1. The van der Waals surface area contributed by atoms with Gasteiger partial charge in [0.15, 0.2) is 6.61 Å². The Morgan fingerprint density at radius 2 is 2.27 bits per heavy atom. The Bertz CT molecular complexity index is 361. The van der Waals surface area contributed by atoms with Crippen LogP contribution in [0, 0.1) is 6.92 Å². The summed E-state index contributed by atoms with van der Waals surface area (Å²) in [6.45, 7) is 3.39. The lowest BCUT2D eigenvalue weighted by Gasteiger charge is -2.13. The highest BCUT2D eigenvalue weighted by Gasteiger charge is 2.09. The van der Waals surface area contributed by atoms with Gasteiger partial charge in [0.1, 0.15) is 5.75 Å². The zero-order valence-electron chi connectivity index (χ0n) is 8.86. The van der Waals surface area contributed by atoms with E-state index in [2.05, 4.69) is 0 Å². The second-order valence-corrected chi connectivity index (χ2v) is 3.47. The Morgan fingerprint density at radius 3 is 2.80 bits per heavy atom. The smallest absolute Gasteiger partial charge is 0.255 e. The van der Waals surface area contributed by atoms with Crippen molar-refractivity contribution < 1.29 is 14.6 Å². The van der Waals surface area contributed by atoms with Crippen molar-refractivity contribution >= 4 is 5.91 Å². The third-order valence-corrected chi connectivity index (χ3v) is 1.99. The summed E-state index contributed by atoms with van der Waals surface area (Å²) in [5.41, 5.74) is 6.66. The van der Waals surface area contributed by atoms with Crippen molar-refractivity contribution in [1.29, 1.82) is 0 Å². The Kier molecular flexibility index (Phi) is 3.68. The molecule has 4 nitrogen and oxygen atoms in total. The minimum absolute atomic E-state index is 0.178. The van der Waals surface area contributed by atoms with Crippen LogP contribution >= 0.6 is 0 Å². The van der Waals surface area contributed by atoms with Crippen LogP contribution in [-0.4, -0.2) is 17.6 Å². The molecule has 0 bridgehead atoms. The normalized spacial score (nSPS) is 12.2. The van der Waals surface area contributed by atoms with Crippen molar-refractivity contribution in [3.63, 3.8) is 0 Å². The number of rotatable bonds is 4. The zero-order chi connectivity index (χ0) is 11.4. The van der Waals surface area contributed by atoms with Crippen LogP contribution in [0.25, 0.3) is 0 Å². The van der Waals surface area contributed by atoms with Crippen LogP contribution in [0.5, 0.6) is 5.75 Å². The SMILES string of the molecule is Cc1ccc(OCC(N)=O)c([C@H](C)O)c1. The highest BCUT2D eigenvalue weighted by molar-refractivity contribution is 5.75. The summed E-state index contributed by atoms with van der Waals surface area (Å²) in [4.78, 5) is 10.6. The average Bonchev–Trinajstić information content (AvgIpc) is 2.15. The van der Waals surface area contributed by atoms with Crippen LogP contribution in [0.2, 0.25) is 0 Å². The summed E-state index contributed by atoms with van der Waals surface area (Å²) in [5, 5.41) is 9.50. The number of aliphatic hydroxyl groups is 1. The van der Waals surface area contributed by atoms with E-state index in [1.54, 1.807) is 13.0 Å². The Labute approximate surface area is 88.7 Å². The minimum Gasteiger partial charge on any atom is -0.483 e. The molecule has 0 radical (unpaired) electrons. The van der Waals surface area contributed by atoms with Gasteiger partial charge in [0.2, 0.25) is 0 Å². The summed E-state index contributed by atoms with van der Waals surface area (Å²) in [6.07, 6.45) is -0.632. The standard InChI is InChI=1S/C11H15NO3/c1-7-3-4-10(15-6-11(12)14)9(5-7)8(2)13/h3-5,8,13H,6H2,1-2H3,(H2,12,14)/t8-/m0/s1. The first-order valence-electron chi connectivity index (χ1n) is 4.70. The fraction of sp³-hybridized carbons (Fsp3) is 0.364. The third kappa shape index (κ3) is 3.25. The maximum absolute atomic E-state index is 10.6. The van der Waals surface area contributed by atoms with E-state index in [1.165, 1.54) is 0 Å². The number of hydrogen-bond acceptors (Lipinski definition) is 3. The van der Waals surface area contributed by atoms with E-state index < -0.39 is 12.0 Å². The summed E-state index contributed by atoms with van der Waals surface area (Å²) in [5.74, 6) is -0.0403. The van der Waals surface area contributed by atoms with Gasteiger partial charge in [-0.2, -0.15) is 0 Å². The fourth-order valence-corrected chi connectivity index (χ4v) is 1.27. The summed E-state index contributed by atoms with van der Waals surface area (Å²) in [6, 6.07) is 5.39. The second-order valence-electron chi connectivity index (χ2n) is 3.47. The van der Waals surface area contributed by atoms with E-state index in [9.17, 15) is 9.90 Å². The van der Waals surface area contributed by atoms with Crippen molar-refractivity contribution in [2.45, 2.75) is 20.0 Å². The van der Waals surface area contributed by atoms with Crippen molar-refractivity contribution in [2.75, 3.05) is 6.61 Å². The molecule has 3 N–H and O–H groups in total. The van der Waals surface area contributed by atoms with Crippen LogP contribution in [0.1, 0.15) is 24.2 Å². The molecule has 0 aromatic heterocycles. The highest BCUT2D eigenvalue weighted by Crippen LogP contribution is 2.25. The van der Waals surface area contributed by atoms with Gasteiger partial charge in [-0.25, -0.2) is 0 Å². The van der Waals surface area contributed by atoms with Gasteiger partial charge in [0.05, 0.1) is 6.10 Å². The molecule has 0 spiro atoms. The number of carbonyl (C=O) groups is 1. The molecule has 0 saturated carbocycles. The second kappa shape index (κ2) is 4.79. The van der Waals surface area contributed by atoms with Crippen LogP contribution in [0.3, 0.4) is 0 Å². The number of carbonyl (C=O) groups excluding carboxylic acids is 1. The summed E-state index contributed by atoms with van der Waals surface area (Å²) in [7, 11) is 0. The fourth-order valence-electron chi connectivity index (χ4n) is 1.27. The molecule has 0 fully saturated rings. The number of aliphatic hydroxyl groups excluding tert-OH is 1. The number of hydrogen-bond donors (Lipinski definition) is 2. The molecule has 1 amide bonds. The lowest BCUT2D eigenvalue weighted by atomic mass is 10.1. The molecular weight excluding hydrogens is 194 g/mol. The Balaban J connectivity index is 2.90. The monoisotopic (exact) mass is 209 g/mol. The van der Waals surface area contributed by atoms with E-state index in [1.807, 2.05) is 19.1 Å². The minimum atomic E-state index is -0.632. The molecule has 1 atom stereocenters. The van der Waals surface area contributed by atoms with Gasteiger partial charge in [-0.05, 0) is 26.0 Å². The van der Waals surface area contributed by atoms with Gasteiger partial charge >= 0.3 is 0 Å². The van der Waals surface area contributed by atoms with Crippen molar-refractivity contribution in [1.82, 2.24) is 0 Å². The molecule has 0 saturated heterocycles. The van der Waals surface area contributed by atoms with E-state index in [0.29, 0.717) is 11.3 Å². The number of primary amides is 1. The van der Waals surface area contributed by atoms with Gasteiger partial charge in [-0.3, -0.25) is 4.79 Å². The Morgan fingerprint density at radius 1 is 1.60 bits per heavy atom. The number of benzene rings is 1. The molecule has 1 aromatic rings. The summed E-state index contributed by atoms with van der Waals surface area (Å²) < 4.78 is 5.18. The van der Waals surface area contributed by atoms with Gasteiger partial charge in [0, 0.05) is 5.56 Å². The molecule has 15 heavy (non-hydrogen) atoms. The quantitative estimate of drug-likeness (QED) is 0.774. The maximum atomic E-state index is 10.6. The third-order valence-electron chi connectivity index (χ3n) is 1.99. The molecule has 1 rings (SSSR count). The predicted molar refractivity (Wildman–Crippen MR) is 56.5 cm³/mol. The lowest BCUT2D eigenvalue weighted by Crippen LogP contribution is -2.20. The molecule has 1 aromatic carbocycles. The zero-order valence-corrected chi connectivity index (χ0v) is 8.86. The van der Waals surface area contributed by atoms with Crippen molar-refractivity contribution in [2.24, 2.45) is 5.73 Å². The lowest BCUT2D eigenvalue weighted by molar-refractivity contribution is -0.119. The molecule has 0 aliphatic rings. The number of nitrogens with two attached hydrogens (primary N) is 1. The highest BCUT2D eigenvalue weighted by atomic mass is 16.5. The summed E-state index contributed by atoms with van der Waals surface area (Å²) >= 11 is 0. The molecule has 0 heterocycles. The van der Waals surface area contributed by atoms with Crippen LogP contribution < -0.4 is 10.5 Å². The predicted octanol–water partition coefficient (Wildman–Crippen LogP) is 0.912. The molecule has 0 aliphatic heterocycles. The molecule has 4 heteroatoms. The average molecular weight is 209 g/mol. The van der Waals surface area contributed by atoms with Crippen LogP contribution in [0.15, 0.2) is 18.2 Å². The van der Waals surface area contributed by atoms with Crippen LogP contribution in [-0.2, 0) is 4.79 Å². The van der Waals surface area contributed by atoms with Gasteiger partial charge < -0.3 is 15.6 Å². The molecular formula is C11H15NO3. The topological polar surface area (TPSA) is 72.5 Å². The van der Waals surface area contributed by atoms with E-state index in [4.69, 9.17) is 10.5 Å². The van der Waals surface area contributed by atoms with E-state index in [-0.39, 0.29) is 6.61 Å². The first-order valence-corrected chi connectivity index (χ1v) is 4.70. The van der Waals surface area contributed by atoms with Gasteiger partial charge in [-0.1, -0.05) is 11.6 Å². The Hall–Kier alpha value is -1.55. The number of aryl methyl sites for hydroxylation is 1. The first-order chi connectivity index (χ1) is 7.00. The number of amides is 1. The van der Waals surface area contributed by atoms with Crippen LogP contribution in [0.4, 0.5) is 0 Å². The van der Waals surface area contributed by atoms with Gasteiger partial charge in [-0.15, -0.1) is 0 Å². The molecule has 0 aliphatic carbocycles. The van der Waals surface area contributed by atoms with Crippen molar-refractivity contribution in [3.05, 3.63) is 29.3 Å². The van der Waals surface area contributed by atoms with E-state index in [0.717, 1.165) is 5.56 Å². The first kappa shape index (κ1) is 11.5. The largest absolute Gasteiger partial charge is 0.483 e. The maximum Gasteiger partial charge on any atom is 0.255 e.